The van der Waals surface area contributed by atoms with E-state index in [2.05, 4.69) is 6.07 Å². The minimum atomic E-state index is -1.44. The van der Waals surface area contributed by atoms with E-state index in [0.717, 1.165) is 33.4 Å². The van der Waals surface area contributed by atoms with Gasteiger partial charge in [0, 0.05) is 11.1 Å². The first-order chi connectivity index (χ1) is 15.2. The summed E-state index contributed by atoms with van der Waals surface area (Å²) in [6.45, 7) is 0. The molecule has 0 radical (unpaired) electrons. The Balaban J connectivity index is 1.76. The van der Waals surface area contributed by atoms with Gasteiger partial charge in [0.25, 0.3) is 0 Å². The van der Waals surface area contributed by atoms with Crippen LogP contribution in [0.1, 0.15) is 28.2 Å². The Labute approximate surface area is 181 Å². The van der Waals surface area contributed by atoms with Gasteiger partial charge in [0.05, 0.1) is 5.92 Å². The van der Waals surface area contributed by atoms with Crippen LogP contribution in [0.4, 0.5) is 0 Å². The quantitative estimate of drug-likeness (QED) is 0.459. The normalized spacial score (nSPS) is 21.5. The minimum absolute atomic E-state index is 0.0404. The van der Waals surface area contributed by atoms with Gasteiger partial charge in [-0.1, -0.05) is 109 Å². The summed E-state index contributed by atoms with van der Waals surface area (Å²) in [6.07, 6.45) is 0. The molecule has 0 aliphatic heterocycles. The number of benzene rings is 4. The van der Waals surface area contributed by atoms with E-state index in [1.165, 1.54) is 0 Å². The summed E-state index contributed by atoms with van der Waals surface area (Å²) >= 11 is 0. The second-order valence-electron chi connectivity index (χ2n) is 8.18. The third-order valence-electron chi connectivity index (χ3n) is 6.58. The molecule has 2 aliphatic carbocycles. The summed E-state index contributed by atoms with van der Waals surface area (Å²) in [7, 11) is 0. The second kappa shape index (κ2) is 6.63. The van der Waals surface area contributed by atoms with Gasteiger partial charge in [0.1, 0.15) is 5.60 Å². The Morgan fingerprint density at radius 3 is 1.87 bits per heavy atom. The monoisotopic (exact) mass is 400 g/mol. The number of carbonyl (C=O) groups excluding carboxylic acids is 1. The average Bonchev–Trinajstić information content (AvgIpc) is 3.08. The topological polar surface area (TPSA) is 37.3 Å². The molecule has 0 spiro atoms. The molecule has 31 heavy (non-hydrogen) atoms. The van der Waals surface area contributed by atoms with Gasteiger partial charge in [-0.15, -0.1) is 0 Å². The van der Waals surface area contributed by atoms with Gasteiger partial charge in [0.15, 0.2) is 5.78 Å². The molecule has 0 aromatic heterocycles. The predicted molar refractivity (Wildman–Crippen MR) is 123 cm³/mol. The molecule has 0 bridgehead atoms. The number of ketones is 1. The van der Waals surface area contributed by atoms with Crippen molar-refractivity contribution in [3.05, 3.63) is 131 Å². The first-order valence-electron chi connectivity index (χ1n) is 10.5. The van der Waals surface area contributed by atoms with Crippen LogP contribution in [0, 0.1) is 0 Å². The largest absolute Gasteiger partial charge is 0.379 e. The van der Waals surface area contributed by atoms with E-state index in [9.17, 15) is 9.90 Å². The van der Waals surface area contributed by atoms with Gasteiger partial charge in [-0.25, -0.2) is 0 Å². The number of allylic oxidation sites excluding steroid dienone is 1. The van der Waals surface area contributed by atoms with E-state index < -0.39 is 11.5 Å². The molecular formula is C29H20O2. The van der Waals surface area contributed by atoms with E-state index >= 15 is 0 Å². The molecule has 2 unspecified atom stereocenters. The highest BCUT2D eigenvalue weighted by Gasteiger charge is 2.57. The van der Waals surface area contributed by atoms with Crippen LogP contribution in [0.3, 0.4) is 0 Å². The number of aliphatic hydroxyl groups is 1. The fourth-order valence-corrected chi connectivity index (χ4v) is 5.34. The summed E-state index contributed by atoms with van der Waals surface area (Å²) in [5.41, 5.74) is 5.30. The highest BCUT2D eigenvalue weighted by molar-refractivity contribution is 6.36. The number of Topliss-reactive ketones (excluding diaryl/α,β-unsaturated/α-hetero) is 1. The van der Waals surface area contributed by atoms with Gasteiger partial charge in [-0.05, 0) is 33.4 Å². The summed E-state index contributed by atoms with van der Waals surface area (Å²) in [4.78, 5) is 14.1. The van der Waals surface area contributed by atoms with Crippen molar-refractivity contribution in [2.45, 2.75) is 11.5 Å². The Morgan fingerprint density at radius 1 is 0.613 bits per heavy atom. The Hall–Kier alpha value is -3.75. The molecule has 4 aromatic rings. The molecule has 0 amide bonds. The van der Waals surface area contributed by atoms with Gasteiger partial charge in [0.2, 0.25) is 0 Å². The van der Waals surface area contributed by atoms with Crippen LogP contribution in [0.25, 0.3) is 22.3 Å². The molecule has 2 aliphatic rings. The summed E-state index contributed by atoms with van der Waals surface area (Å²) in [6, 6.07) is 35.4. The third kappa shape index (κ3) is 2.40. The maximum atomic E-state index is 14.1. The van der Waals surface area contributed by atoms with Crippen LogP contribution in [0.15, 0.2) is 109 Å². The molecule has 0 saturated carbocycles. The first-order valence-corrected chi connectivity index (χ1v) is 10.5. The van der Waals surface area contributed by atoms with Crippen molar-refractivity contribution in [3.8, 4) is 11.1 Å². The van der Waals surface area contributed by atoms with E-state index in [1.807, 2.05) is 103 Å². The van der Waals surface area contributed by atoms with Crippen molar-refractivity contribution < 1.29 is 9.90 Å². The van der Waals surface area contributed by atoms with Gasteiger partial charge in [-0.3, -0.25) is 4.79 Å². The zero-order valence-corrected chi connectivity index (χ0v) is 16.8. The smallest absolute Gasteiger partial charge is 0.174 e. The van der Waals surface area contributed by atoms with E-state index in [1.54, 1.807) is 0 Å². The Bertz CT molecular complexity index is 1350. The number of fused-ring (bicyclic) bond motifs is 6. The van der Waals surface area contributed by atoms with Crippen molar-refractivity contribution >= 4 is 16.9 Å². The van der Waals surface area contributed by atoms with Crippen LogP contribution < -0.4 is 0 Å². The van der Waals surface area contributed by atoms with Crippen LogP contribution >= 0.6 is 0 Å². The van der Waals surface area contributed by atoms with Gasteiger partial charge in [-0.2, -0.15) is 0 Å². The van der Waals surface area contributed by atoms with Crippen LogP contribution in [0.2, 0.25) is 0 Å². The number of hydrogen-bond acceptors (Lipinski definition) is 2. The predicted octanol–water partition coefficient (Wildman–Crippen LogP) is 5.83. The fourth-order valence-electron chi connectivity index (χ4n) is 5.34. The SMILES string of the molecule is O=C1C(c2ccccc2)=C2c3ccccc3-c3ccccc3C2(O)C1c1ccccc1. The summed E-state index contributed by atoms with van der Waals surface area (Å²) in [5.74, 6) is -0.741. The zero-order valence-electron chi connectivity index (χ0n) is 16.8. The lowest BCUT2D eigenvalue weighted by molar-refractivity contribution is -0.118. The summed E-state index contributed by atoms with van der Waals surface area (Å²) in [5, 5.41) is 12.5. The molecule has 0 heterocycles. The van der Waals surface area contributed by atoms with Crippen LogP contribution in [-0.2, 0) is 10.4 Å². The fraction of sp³-hybridized carbons (Fsp3) is 0.0690. The molecule has 1 N–H and O–H groups in total. The molecule has 4 aromatic carbocycles. The maximum Gasteiger partial charge on any atom is 0.174 e. The molecule has 0 fully saturated rings. The number of rotatable bonds is 2. The molecule has 2 nitrogen and oxygen atoms in total. The van der Waals surface area contributed by atoms with Crippen molar-refractivity contribution in [3.63, 3.8) is 0 Å². The number of carbonyl (C=O) groups is 1. The van der Waals surface area contributed by atoms with Crippen LogP contribution in [-0.4, -0.2) is 10.9 Å². The van der Waals surface area contributed by atoms with Crippen molar-refractivity contribution in [2.24, 2.45) is 0 Å². The molecule has 6 rings (SSSR count). The third-order valence-corrected chi connectivity index (χ3v) is 6.58. The number of hydrogen-bond donors (Lipinski definition) is 1. The Morgan fingerprint density at radius 2 is 1.16 bits per heavy atom. The highest BCUT2D eigenvalue weighted by atomic mass is 16.3. The molecule has 0 saturated heterocycles. The second-order valence-corrected chi connectivity index (χ2v) is 8.18. The molecule has 148 valence electrons. The van der Waals surface area contributed by atoms with Crippen LogP contribution in [0.5, 0.6) is 0 Å². The van der Waals surface area contributed by atoms with E-state index in [-0.39, 0.29) is 5.78 Å². The lowest BCUT2D eigenvalue weighted by Gasteiger charge is -2.39. The summed E-state index contributed by atoms with van der Waals surface area (Å²) < 4.78 is 0. The lowest BCUT2D eigenvalue weighted by atomic mass is 9.68. The average molecular weight is 400 g/mol. The first kappa shape index (κ1) is 18.1. The van der Waals surface area contributed by atoms with Gasteiger partial charge < -0.3 is 5.11 Å². The van der Waals surface area contributed by atoms with E-state index in [0.29, 0.717) is 11.1 Å². The van der Waals surface area contributed by atoms with Gasteiger partial charge >= 0.3 is 0 Å². The standard InChI is InChI=1S/C29H20O2/c30-28-25(19-11-3-1-4-12-19)27-23-17-8-7-15-21(23)22-16-9-10-18-24(22)29(27,31)26(28)20-13-5-2-6-14-20/h1-18,26,31H. The maximum absolute atomic E-state index is 14.1. The van der Waals surface area contributed by atoms with Crippen molar-refractivity contribution in [1.29, 1.82) is 0 Å². The zero-order chi connectivity index (χ0) is 21.0. The lowest BCUT2D eigenvalue weighted by Crippen LogP contribution is -2.36. The van der Waals surface area contributed by atoms with Crippen molar-refractivity contribution in [1.82, 2.24) is 0 Å². The molecular weight excluding hydrogens is 380 g/mol. The molecule has 2 heteroatoms. The molecule has 2 atom stereocenters. The minimum Gasteiger partial charge on any atom is -0.379 e. The van der Waals surface area contributed by atoms with E-state index in [4.69, 9.17) is 0 Å². The Kier molecular flexibility index (Phi) is 3.86. The van der Waals surface area contributed by atoms with Crippen molar-refractivity contribution in [2.75, 3.05) is 0 Å². The highest BCUT2D eigenvalue weighted by Crippen LogP contribution is 2.62.